The van der Waals surface area contributed by atoms with Crippen molar-refractivity contribution in [3.8, 4) is 0 Å². The Morgan fingerprint density at radius 1 is 1.57 bits per heavy atom. The summed E-state index contributed by atoms with van der Waals surface area (Å²) in [5.41, 5.74) is 5.52. The summed E-state index contributed by atoms with van der Waals surface area (Å²) in [6, 6.07) is 0. The molecule has 2 heterocycles. The van der Waals surface area contributed by atoms with E-state index in [0.717, 1.165) is 30.9 Å². The Bertz CT molecular complexity index is 297. The molecule has 1 aromatic heterocycles. The van der Waals surface area contributed by atoms with Crippen LogP contribution >= 0.6 is 11.3 Å². The van der Waals surface area contributed by atoms with Crippen molar-refractivity contribution >= 4 is 16.5 Å². The molecule has 0 radical (unpaired) electrons. The Labute approximate surface area is 86.7 Å². The second kappa shape index (κ2) is 4.25. The van der Waals surface area contributed by atoms with Gasteiger partial charge in [-0.25, -0.2) is 4.98 Å². The van der Waals surface area contributed by atoms with E-state index in [2.05, 4.69) is 4.98 Å². The highest BCUT2D eigenvalue weighted by Gasteiger charge is 2.24. The molecule has 0 saturated carbocycles. The SMILES string of the molecule is Nc1ncc(C(O)C2CCOCC2)s1. The summed E-state index contributed by atoms with van der Waals surface area (Å²) in [6.45, 7) is 1.49. The quantitative estimate of drug-likeness (QED) is 0.775. The van der Waals surface area contributed by atoms with Crippen molar-refractivity contribution in [2.45, 2.75) is 18.9 Å². The van der Waals surface area contributed by atoms with Gasteiger partial charge in [0.05, 0.1) is 11.0 Å². The first-order valence-corrected chi connectivity index (χ1v) is 5.56. The lowest BCUT2D eigenvalue weighted by atomic mass is 9.93. The van der Waals surface area contributed by atoms with Crippen molar-refractivity contribution in [2.24, 2.45) is 5.92 Å². The molecule has 5 heteroatoms. The molecule has 2 rings (SSSR count). The minimum atomic E-state index is -0.423. The first-order valence-electron chi connectivity index (χ1n) is 4.74. The van der Waals surface area contributed by atoms with Crippen LogP contribution < -0.4 is 5.73 Å². The minimum absolute atomic E-state index is 0.295. The van der Waals surface area contributed by atoms with E-state index in [4.69, 9.17) is 10.5 Å². The number of thiazole rings is 1. The van der Waals surface area contributed by atoms with Crippen LogP contribution in [-0.2, 0) is 4.74 Å². The number of aliphatic hydroxyl groups excluding tert-OH is 1. The van der Waals surface area contributed by atoms with Crippen molar-refractivity contribution in [3.05, 3.63) is 11.1 Å². The van der Waals surface area contributed by atoms with Crippen LogP contribution in [0.3, 0.4) is 0 Å². The van der Waals surface area contributed by atoms with E-state index in [1.54, 1.807) is 6.20 Å². The number of hydrogen-bond acceptors (Lipinski definition) is 5. The molecule has 0 spiro atoms. The summed E-state index contributed by atoms with van der Waals surface area (Å²) < 4.78 is 5.24. The van der Waals surface area contributed by atoms with Gasteiger partial charge >= 0.3 is 0 Å². The zero-order valence-corrected chi connectivity index (χ0v) is 8.67. The van der Waals surface area contributed by atoms with Gasteiger partial charge in [0.2, 0.25) is 0 Å². The largest absolute Gasteiger partial charge is 0.387 e. The number of aliphatic hydroxyl groups is 1. The molecule has 1 atom stereocenters. The number of nitrogens with two attached hydrogens (primary N) is 1. The van der Waals surface area contributed by atoms with Crippen LogP contribution in [0.2, 0.25) is 0 Å². The normalized spacial score (nSPS) is 20.9. The number of nitrogen functional groups attached to an aromatic ring is 1. The summed E-state index contributed by atoms with van der Waals surface area (Å²) in [5.74, 6) is 0.295. The second-order valence-electron chi connectivity index (χ2n) is 3.50. The maximum atomic E-state index is 10.0. The van der Waals surface area contributed by atoms with E-state index in [-0.39, 0.29) is 0 Å². The first-order chi connectivity index (χ1) is 6.77. The number of aromatic nitrogens is 1. The van der Waals surface area contributed by atoms with Gasteiger partial charge in [-0.3, -0.25) is 0 Å². The summed E-state index contributed by atoms with van der Waals surface area (Å²) in [7, 11) is 0. The molecular formula is C9H14N2O2S. The van der Waals surface area contributed by atoms with E-state index in [1.165, 1.54) is 11.3 Å². The van der Waals surface area contributed by atoms with Gasteiger partial charge in [0.25, 0.3) is 0 Å². The van der Waals surface area contributed by atoms with E-state index < -0.39 is 6.10 Å². The lowest BCUT2D eigenvalue weighted by molar-refractivity contribution is 0.00846. The zero-order chi connectivity index (χ0) is 9.97. The van der Waals surface area contributed by atoms with E-state index in [1.807, 2.05) is 0 Å². The smallest absolute Gasteiger partial charge is 0.180 e. The maximum absolute atomic E-state index is 10.0. The molecule has 14 heavy (non-hydrogen) atoms. The molecule has 0 aliphatic carbocycles. The van der Waals surface area contributed by atoms with Gasteiger partial charge in [-0.15, -0.1) is 0 Å². The molecular weight excluding hydrogens is 200 g/mol. The van der Waals surface area contributed by atoms with Gasteiger partial charge in [-0.05, 0) is 18.8 Å². The first kappa shape index (κ1) is 9.89. The molecule has 1 aromatic rings. The summed E-state index contributed by atoms with van der Waals surface area (Å²) in [6.07, 6.45) is 3.08. The molecule has 1 unspecified atom stereocenters. The van der Waals surface area contributed by atoms with Gasteiger partial charge in [0, 0.05) is 19.4 Å². The lowest BCUT2D eigenvalue weighted by Crippen LogP contribution is -2.21. The molecule has 0 aromatic carbocycles. The number of anilines is 1. The highest BCUT2D eigenvalue weighted by atomic mass is 32.1. The van der Waals surface area contributed by atoms with Crippen LogP contribution in [0.1, 0.15) is 23.8 Å². The van der Waals surface area contributed by atoms with Crippen molar-refractivity contribution in [2.75, 3.05) is 18.9 Å². The minimum Gasteiger partial charge on any atom is -0.387 e. The van der Waals surface area contributed by atoms with Crippen molar-refractivity contribution in [3.63, 3.8) is 0 Å². The standard InChI is InChI=1S/C9H14N2O2S/c10-9-11-5-7(14-9)8(12)6-1-3-13-4-2-6/h5-6,8,12H,1-4H2,(H2,10,11). The molecule has 78 valence electrons. The highest BCUT2D eigenvalue weighted by molar-refractivity contribution is 7.15. The Morgan fingerprint density at radius 2 is 2.29 bits per heavy atom. The van der Waals surface area contributed by atoms with E-state index >= 15 is 0 Å². The molecule has 4 nitrogen and oxygen atoms in total. The Hall–Kier alpha value is -0.650. The molecule has 1 saturated heterocycles. The van der Waals surface area contributed by atoms with Gasteiger partial charge in [-0.2, -0.15) is 0 Å². The number of ether oxygens (including phenoxy) is 1. The zero-order valence-electron chi connectivity index (χ0n) is 7.85. The van der Waals surface area contributed by atoms with E-state index in [0.29, 0.717) is 11.0 Å². The number of nitrogens with zero attached hydrogens (tertiary/aromatic N) is 1. The van der Waals surface area contributed by atoms with Crippen LogP contribution in [0, 0.1) is 5.92 Å². The fourth-order valence-corrected chi connectivity index (χ4v) is 2.47. The van der Waals surface area contributed by atoms with E-state index in [9.17, 15) is 5.11 Å². The van der Waals surface area contributed by atoms with Crippen LogP contribution in [0.25, 0.3) is 0 Å². The second-order valence-corrected chi connectivity index (χ2v) is 4.59. The van der Waals surface area contributed by atoms with Gasteiger partial charge in [0.15, 0.2) is 5.13 Å². The highest BCUT2D eigenvalue weighted by Crippen LogP contribution is 2.33. The molecule has 1 fully saturated rings. The monoisotopic (exact) mass is 214 g/mol. The molecule has 0 amide bonds. The molecule has 1 aliphatic heterocycles. The predicted octanol–water partition coefficient (Wildman–Crippen LogP) is 1.19. The fraction of sp³-hybridized carbons (Fsp3) is 0.667. The average Bonchev–Trinajstić information content (AvgIpc) is 2.65. The van der Waals surface area contributed by atoms with Crippen LogP contribution in [0.15, 0.2) is 6.20 Å². The van der Waals surface area contributed by atoms with Crippen molar-refractivity contribution < 1.29 is 9.84 Å². The third-order valence-electron chi connectivity index (χ3n) is 2.55. The third kappa shape index (κ3) is 2.05. The number of hydrogen-bond donors (Lipinski definition) is 2. The van der Waals surface area contributed by atoms with Crippen LogP contribution in [0.4, 0.5) is 5.13 Å². The summed E-state index contributed by atoms with van der Waals surface area (Å²) >= 11 is 1.37. The molecule has 0 bridgehead atoms. The summed E-state index contributed by atoms with van der Waals surface area (Å²) in [4.78, 5) is 4.81. The van der Waals surface area contributed by atoms with Gasteiger partial charge in [-0.1, -0.05) is 11.3 Å². The fourth-order valence-electron chi connectivity index (χ4n) is 1.70. The Kier molecular flexibility index (Phi) is 3.00. The predicted molar refractivity (Wildman–Crippen MR) is 55.0 cm³/mol. The summed E-state index contributed by atoms with van der Waals surface area (Å²) in [5, 5.41) is 10.5. The Balaban J connectivity index is 2.03. The van der Waals surface area contributed by atoms with Gasteiger partial charge < -0.3 is 15.6 Å². The van der Waals surface area contributed by atoms with Gasteiger partial charge in [0.1, 0.15) is 0 Å². The van der Waals surface area contributed by atoms with Crippen molar-refractivity contribution in [1.29, 1.82) is 0 Å². The Morgan fingerprint density at radius 3 is 2.86 bits per heavy atom. The average molecular weight is 214 g/mol. The molecule has 3 N–H and O–H groups in total. The van der Waals surface area contributed by atoms with Crippen molar-refractivity contribution in [1.82, 2.24) is 4.98 Å². The lowest BCUT2D eigenvalue weighted by Gasteiger charge is -2.25. The van der Waals surface area contributed by atoms with Crippen LogP contribution in [-0.4, -0.2) is 23.3 Å². The maximum Gasteiger partial charge on any atom is 0.180 e. The topological polar surface area (TPSA) is 68.4 Å². The number of rotatable bonds is 2. The third-order valence-corrected chi connectivity index (χ3v) is 3.44. The van der Waals surface area contributed by atoms with Crippen LogP contribution in [0.5, 0.6) is 0 Å². The molecule has 1 aliphatic rings.